The molecular formula is C24H24N4O3S2. The molecule has 0 saturated carbocycles. The lowest BCUT2D eigenvalue weighted by atomic mass is 10.2. The Bertz CT molecular complexity index is 1300. The standard InChI is InChI=1S/C24H24N4O3S2/c1-31-18-6-4-17(5-7-18)21-13-20-23(33-21)24(30)28(16-25-20)15-22(29)27-10-8-26(9-11-27)14-19-3-2-12-32-19/h2-7,12-13,16H,8-11,14-15H2,1H3. The lowest BCUT2D eigenvalue weighted by Gasteiger charge is -2.34. The van der Waals surface area contributed by atoms with E-state index in [0.29, 0.717) is 23.3 Å². The molecule has 0 aliphatic carbocycles. The van der Waals surface area contributed by atoms with Crippen molar-refractivity contribution in [3.63, 3.8) is 0 Å². The summed E-state index contributed by atoms with van der Waals surface area (Å²) in [6, 6.07) is 13.8. The molecule has 1 aromatic carbocycles. The molecule has 5 rings (SSSR count). The van der Waals surface area contributed by atoms with Crippen molar-refractivity contribution in [2.24, 2.45) is 0 Å². The third kappa shape index (κ3) is 4.71. The first kappa shape index (κ1) is 21.8. The quantitative estimate of drug-likeness (QED) is 0.422. The van der Waals surface area contributed by atoms with Gasteiger partial charge in [0.05, 0.1) is 19.0 Å². The van der Waals surface area contributed by atoms with E-state index in [1.54, 1.807) is 18.4 Å². The number of hydrogen-bond acceptors (Lipinski definition) is 7. The van der Waals surface area contributed by atoms with Crippen LogP contribution < -0.4 is 10.3 Å². The lowest BCUT2D eigenvalue weighted by Crippen LogP contribution is -2.49. The van der Waals surface area contributed by atoms with Gasteiger partial charge in [-0.3, -0.25) is 19.1 Å². The van der Waals surface area contributed by atoms with Gasteiger partial charge in [-0.2, -0.15) is 0 Å². The number of hydrogen-bond donors (Lipinski definition) is 0. The molecule has 1 aliphatic rings. The van der Waals surface area contributed by atoms with E-state index in [2.05, 4.69) is 27.4 Å². The van der Waals surface area contributed by atoms with Gasteiger partial charge in [-0.05, 0) is 47.3 Å². The second-order valence-electron chi connectivity index (χ2n) is 7.97. The number of ether oxygens (including phenoxy) is 1. The van der Waals surface area contributed by atoms with Gasteiger partial charge in [0.2, 0.25) is 5.91 Å². The molecule has 33 heavy (non-hydrogen) atoms. The minimum atomic E-state index is -0.172. The predicted molar refractivity (Wildman–Crippen MR) is 132 cm³/mol. The molecule has 7 nitrogen and oxygen atoms in total. The van der Waals surface area contributed by atoms with Crippen molar-refractivity contribution in [2.75, 3.05) is 33.3 Å². The molecule has 0 spiro atoms. The van der Waals surface area contributed by atoms with Crippen molar-refractivity contribution >= 4 is 38.8 Å². The van der Waals surface area contributed by atoms with Crippen LogP contribution in [-0.2, 0) is 17.9 Å². The zero-order chi connectivity index (χ0) is 22.8. The molecule has 9 heteroatoms. The normalized spacial score (nSPS) is 14.6. The second kappa shape index (κ2) is 9.46. The summed E-state index contributed by atoms with van der Waals surface area (Å²) >= 11 is 3.16. The van der Waals surface area contributed by atoms with E-state index >= 15 is 0 Å². The number of amides is 1. The fourth-order valence-corrected chi connectivity index (χ4v) is 5.79. The first-order valence-electron chi connectivity index (χ1n) is 10.8. The number of rotatable bonds is 6. The van der Waals surface area contributed by atoms with Crippen LogP contribution in [0.3, 0.4) is 0 Å². The highest BCUT2D eigenvalue weighted by Gasteiger charge is 2.22. The Morgan fingerprint density at radius 1 is 1.12 bits per heavy atom. The van der Waals surface area contributed by atoms with E-state index in [4.69, 9.17) is 4.74 Å². The summed E-state index contributed by atoms with van der Waals surface area (Å²) in [5.74, 6) is 0.743. The molecule has 1 aliphatic heterocycles. The monoisotopic (exact) mass is 480 g/mol. The maximum Gasteiger partial charge on any atom is 0.271 e. The van der Waals surface area contributed by atoms with E-state index in [9.17, 15) is 9.59 Å². The molecule has 0 radical (unpaired) electrons. The van der Waals surface area contributed by atoms with Gasteiger partial charge < -0.3 is 9.64 Å². The molecule has 1 fully saturated rings. The zero-order valence-electron chi connectivity index (χ0n) is 18.3. The lowest BCUT2D eigenvalue weighted by molar-refractivity contribution is -0.133. The van der Waals surface area contributed by atoms with Crippen LogP contribution in [0, 0.1) is 0 Å². The average molecular weight is 481 g/mol. The van der Waals surface area contributed by atoms with Gasteiger partial charge in [-0.1, -0.05) is 6.07 Å². The fourth-order valence-electron chi connectivity index (χ4n) is 3.98. The van der Waals surface area contributed by atoms with E-state index in [-0.39, 0.29) is 18.0 Å². The Labute approximate surface area is 199 Å². The van der Waals surface area contributed by atoms with E-state index < -0.39 is 0 Å². The molecule has 3 aromatic heterocycles. The van der Waals surface area contributed by atoms with Crippen LogP contribution in [0.25, 0.3) is 20.7 Å². The van der Waals surface area contributed by atoms with Gasteiger partial charge >= 0.3 is 0 Å². The highest BCUT2D eigenvalue weighted by molar-refractivity contribution is 7.22. The van der Waals surface area contributed by atoms with Gasteiger partial charge in [0, 0.05) is 42.5 Å². The Morgan fingerprint density at radius 3 is 2.61 bits per heavy atom. The maximum atomic E-state index is 13.1. The molecule has 4 heterocycles. The number of methoxy groups -OCH3 is 1. The van der Waals surface area contributed by atoms with Gasteiger partial charge in [0.15, 0.2) is 0 Å². The Morgan fingerprint density at radius 2 is 1.91 bits per heavy atom. The highest BCUT2D eigenvalue weighted by atomic mass is 32.1. The number of piperazine rings is 1. The highest BCUT2D eigenvalue weighted by Crippen LogP contribution is 2.31. The number of nitrogens with zero attached hydrogens (tertiary/aromatic N) is 4. The summed E-state index contributed by atoms with van der Waals surface area (Å²) in [6.45, 7) is 3.97. The average Bonchev–Trinajstić information content (AvgIpc) is 3.52. The van der Waals surface area contributed by atoms with Gasteiger partial charge in [-0.15, -0.1) is 22.7 Å². The summed E-state index contributed by atoms with van der Waals surface area (Å²) in [7, 11) is 1.63. The van der Waals surface area contributed by atoms with Gasteiger partial charge in [-0.25, -0.2) is 4.98 Å². The van der Waals surface area contributed by atoms with Crippen molar-refractivity contribution in [2.45, 2.75) is 13.1 Å². The second-order valence-corrected chi connectivity index (χ2v) is 10.1. The molecule has 170 valence electrons. The predicted octanol–water partition coefficient (Wildman–Crippen LogP) is 3.54. The maximum absolute atomic E-state index is 13.1. The Balaban J connectivity index is 1.26. The largest absolute Gasteiger partial charge is 0.497 e. The zero-order valence-corrected chi connectivity index (χ0v) is 19.9. The van der Waals surface area contributed by atoms with Crippen LogP contribution in [0.5, 0.6) is 5.75 Å². The SMILES string of the molecule is COc1ccc(-c2cc3ncn(CC(=O)N4CCN(Cc5cccs5)CC4)c(=O)c3s2)cc1. The summed E-state index contributed by atoms with van der Waals surface area (Å²) in [4.78, 5) is 36.9. The molecule has 0 atom stereocenters. The molecule has 0 unspecified atom stereocenters. The van der Waals surface area contributed by atoms with Gasteiger partial charge in [0.1, 0.15) is 17.0 Å². The Hall–Kier alpha value is -3.01. The molecule has 0 bridgehead atoms. The van der Waals surface area contributed by atoms with Crippen LogP contribution in [0.1, 0.15) is 4.88 Å². The molecule has 1 amide bonds. The molecule has 4 aromatic rings. The summed E-state index contributed by atoms with van der Waals surface area (Å²) in [6.07, 6.45) is 1.49. The van der Waals surface area contributed by atoms with Crippen molar-refractivity contribution < 1.29 is 9.53 Å². The minimum absolute atomic E-state index is 0.0163. The topological polar surface area (TPSA) is 67.7 Å². The summed E-state index contributed by atoms with van der Waals surface area (Å²) in [5, 5.41) is 2.09. The van der Waals surface area contributed by atoms with E-state index in [1.165, 1.54) is 27.1 Å². The fraction of sp³-hybridized carbons (Fsp3) is 0.292. The number of thiophene rings is 2. The van der Waals surface area contributed by atoms with Crippen molar-refractivity contribution in [1.29, 1.82) is 0 Å². The van der Waals surface area contributed by atoms with Crippen molar-refractivity contribution in [3.05, 3.63) is 69.4 Å². The first-order chi connectivity index (χ1) is 16.1. The van der Waals surface area contributed by atoms with Crippen molar-refractivity contribution in [1.82, 2.24) is 19.4 Å². The van der Waals surface area contributed by atoms with Gasteiger partial charge in [0.25, 0.3) is 5.56 Å². The molecular weight excluding hydrogens is 456 g/mol. The van der Waals surface area contributed by atoms with Crippen LogP contribution in [-0.4, -0.2) is 58.5 Å². The number of carbonyl (C=O) groups is 1. The first-order valence-corrected chi connectivity index (χ1v) is 12.5. The van der Waals surface area contributed by atoms with E-state index in [0.717, 1.165) is 35.8 Å². The third-order valence-corrected chi connectivity index (χ3v) is 7.89. The summed E-state index contributed by atoms with van der Waals surface area (Å²) in [5.41, 5.74) is 1.48. The Kier molecular flexibility index (Phi) is 6.26. The minimum Gasteiger partial charge on any atom is -0.497 e. The smallest absolute Gasteiger partial charge is 0.271 e. The van der Waals surface area contributed by atoms with Crippen molar-refractivity contribution in [3.8, 4) is 16.2 Å². The number of carbonyl (C=O) groups excluding carboxylic acids is 1. The number of aromatic nitrogens is 2. The van der Waals surface area contributed by atoms with Crippen LogP contribution in [0.15, 0.2) is 59.0 Å². The molecule has 1 saturated heterocycles. The summed E-state index contributed by atoms with van der Waals surface area (Å²) < 4.78 is 7.21. The van der Waals surface area contributed by atoms with Crippen LogP contribution in [0.4, 0.5) is 0 Å². The molecule has 0 N–H and O–H groups in total. The number of fused-ring (bicyclic) bond motifs is 1. The van der Waals surface area contributed by atoms with E-state index in [1.807, 2.05) is 35.2 Å². The van der Waals surface area contributed by atoms with Crippen LogP contribution in [0.2, 0.25) is 0 Å². The third-order valence-electron chi connectivity index (χ3n) is 5.87. The van der Waals surface area contributed by atoms with Crippen LogP contribution >= 0.6 is 22.7 Å². The number of benzene rings is 1.